The van der Waals surface area contributed by atoms with E-state index in [1.807, 2.05) is 4.90 Å². The van der Waals surface area contributed by atoms with Crippen LogP contribution in [0.5, 0.6) is 0 Å². The first kappa shape index (κ1) is 13.6. The highest BCUT2D eigenvalue weighted by Crippen LogP contribution is 2.21. The van der Waals surface area contributed by atoms with Crippen molar-refractivity contribution >= 4 is 11.6 Å². The molecule has 1 amide bonds. The van der Waals surface area contributed by atoms with Gasteiger partial charge in [-0.05, 0) is 18.4 Å². The standard InChI is InChI=1S/C14H21N3O2/c1-2-3-11-8-14(19)16(9-11)6-7-17-10-12(15)4-5-13(17)18/h4-5,10-11H,2-3,6-9,15H2,1H3. The van der Waals surface area contributed by atoms with Gasteiger partial charge < -0.3 is 15.2 Å². The summed E-state index contributed by atoms with van der Waals surface area (Å²) in [5, 5.41) is 0. The van der Waals surface area contributed by atoms with Crippen molar-refractivity contribution in [3.8, 4) is 0 Å². The normalized spacial score (nSPS) is 19.1. The highest BCUT2D eigenvalue weighted by atomic mass is 16.2. The molecule has 1 aromatic heterocycles. The first-order valence-electron chi connectivity index (χ1n) is 6.84. The Hall–Kier alpha value is -1.78. The lowest BCUT2D eigenvalue weighted by Crippen LogP contribution is -2.32. The van der Waals surface area contributed by atoms with Gasteiger partial charge in [0.15, 0.2) is 0 Å². The number of hydrogen-bond acceptors (Lipinski definition) is 3. The maximum atomic E-state index is 11.8. The molecule has 5 nitrogen and oxygen atoms in total. The molecule has 1 unspecified atom stereocenters. The van der Waals surface area contributed by atoms with Crippen LogP contribution in [0.2, 0.25) is 0 Å². The van der Waals surface area contributed by atoms with Crippen LogP contribution in [0.3, 0.4) is 0 Å². The van der Waals surface area contributed by atoms with Gasteiger partial charge in [-0.1, -0.05) is 13.3 Å². The number of pyridine rings is 1. The molecule has 0 spiro atoms. The summed E-state index contributed by atoms with van der Waals surface area (Å²) in [5.41, 5.74) is 6.15. The van der Waals surface area contributed by atoms with E-state index >= 15 is 0 Å². The molecular formula is C14H21N3O2. The highest BCUT2D eigenvalue weighted by molar-refractivity contribution is 5.78. The fourth-order valence-corrected chi connectivity index (χ4v) is 2.62. The topological polar surface area (TPSA) is 68.3 Å². The molecule has 19 heavy (non-hydrogen) atoms. The Bertz CT molecular complexity index is 510. The number of aromatic nitrogens is 1. The lowest BCUT2D eigenvalue weighted by molar-refractivity contribution is -0.127. The number of nitrogens with zero attached hydrogens (tertiary/aromatic N) is 2. The van der Waals surface area contributed by atoms with Gasteiger partial charge in [0, 0.05) is 44.0 Å². The Balaban J connectivity index is 1.94. The number of hydrogen-bond donors (Lipinski definition) is 1. The van der Waals surface area contributed by atoms with E-state index in [0.29, 0.717) is 31.1 Å². The van der Waals surface area contributed by atoms with Gasteiger partial charge in [0.05, 0.1) is 0 Å². The third-order valence-corrected chi connectivity index (χ3v) is 3.61. The zero-order chi connectivity index (χ0) is 13.8. The Morgan fingerprint density at radius 2 is 2.11 bits per heavy atom. The Kier molecular flexibility index (Phi) is 4.24. The molecule has 0 aliphatic carbocycles. The second-order valence-corrected chi connectivity index (χ2v) is 5.19. The summed E-state index contributed by atoms with van der Waals surface area (Å²) in [4.78, 5) is 25.3. The number of nitrogens with two attached hydrogens (primary N) is 1. The van der Waals surface area contributed by atoms with Crippen LogP contribution in [-0.2, 0) is 11.3 Å². The van der Waals surface area contributed by atoms with Gasteiger partial charge in [-0.3, -0.25) is 9.59 Å². The van der Waals surface area contributed by atoms with Gasteiger partial charge >= 0.3 is 0 Å². The highest BCUT2D eigenvalue weighted by Gasteiger charge is 2.28. The molecule has 1 aliphatic rings. The molecule has 1 fully saturated rings. The number of amides is 1. The molecular weight excluding hydrogens is 242 g/mol. The van der Waals surface area contributed by atoms with Crippen LogP contribution in [0.4, 0.5) is 5.69 Å². The largest absolute Gasteiger partial charge is 0.398 e. The smallest absolute Gasteiger partial charge is 0.250 e. The fraction of sp³-hybridized carbons (Fsp3) is 0.571. The maximum absolute atomic E-state index is 11.8. The van der Waals surface area contributed by atoms with Crippen LogP contribution in [0.1, 0.15) is 26.2 Å². The van der Waals surface area contributed by atoms with Crippen LogP contribution < -0.4 is 11.3 Å². The number of rotatable bonds is 5. The zero-order valence-electron chi connectivity index (χ0n) is 11.3. The van der Waals surface area contributed by atoms with Crippen LogP contribution >= 0.6 is 0 Å². The van der Waals surface area contributed by atoms with E-state index < -0.39 is 0 Å². The number of nitrogen functional groups attached to an aromatic ring is 1. The minimum Gasteiger partial charge on any atom is -0.398 e. The third kappa shape index (κ3) is 3.36. The van der Waals surface area contributed by atoms with E-state index in [4.69, 9.17) is 5.73 Å². The summed E-state index contributed by atoms with van der Waals surface area (Å²) in [6.07, 6.45) is 4.49. The second kappa shape index (κ2) is 5.91. The lowest BCUT2D eigenvalue weighted by atomic mass is 10.0. The van der Waals surface area contributed by atoms with Crippen molar-refractivity contribution in [2.45, 2.75) is 32.7 Å². The van der Waals surface area contributed by atoms with Crippen molar-refractivity contribution in [3.05, 3.63) is 28.7 Å². The second-order valence-electron chi connectivity index (χ2n) is 5.19. The van der Waals surface area contributed by atoms with Crippen molar-refractivity contribution in [2.24, 2.45) is 5.92 Å². The Morgan fingerprint density at radius 3 is 2.84 bits per heavy atom. The molecule has 0 bridgehead atoms. The lowest BCUT2D eigenvalue weighted by Gasteiger charge is -2.17. The fourth-order valence-electron chi connectivity index (χ4n) is 2.62. The summed E-state index contributed by atoms with van der Waals surface area (Å²) in [5.74, 6) is 0.686. The van der Waals surface area contributed by atoms with Crippen LogP contribution in [-0.4, -0.2) is 28.5 Å². The van der Waals surface area contributed by atoms with Gasteiger partial charge in [-0.25, -0.2) is 0 Å². The predicted octanol–water partition coefficient (Wildman–Crippen LogP) is 1.08. The molecule has 1 aliphatic heterocycles. The quantitative estimate of drug-likeness (QED) is 0.864. The van der Waals surface area contributed by atoms with Gasteiger partial charge in [-0.2, -0.15) is 0 Å². The zero-order valence-corrected chi connectivity index (χ0v) is 11.3. The van der Waals surface area contributed by atoms with Crippen molar-refractivity contribution < 1.29 is 4.79 Å². The molecule has 1 saturated heterocycles. The van der Waals surface area contributed by atoms with Gasteiger partial charge in [0.1, 0.15) is 0 Å². The van der Waals surface area contributed by atoms with Gasteiger partial charge in [-0.15, -0.1) is 0 Å². The van der Waals surface area contributed by atoms with Crippen molar-refractivity contribution in [3.63, 3.8) is 0 Å². The third-order valence-electron chi connectivity index (χ3n) is 3.61. The van der Waals surface area contributed by atoms with Crippen molar-refractivity contribution in [1.29, 1.82) is 0 Å². The molecule has 2 N–H and O–H groups in total. The molecule has 1 aromatic rings. The summed E-state index contributed by atoms with van der Waals surface area (Å²) in [6.45, 7) is 4.06. The summed E-state index contributed by atoms with van der Waals surface area (Å²) in [7, 11) is 0. The minimum atomic E-state index is -0.0778. The number of likely N-dealkylation sites (tertiary alicyclic amines) is 1. The minimum absolute atomic E-state index is 0.0778. The van der Waals surface area contributed by atoms with Crippen LogP contribution in [0.15, 0.2) is 23.1 Å². The van der Waals surface area contributed by atoms with E-state index in [0.717, 1.165) is 19.4 Å². The SMILES string of the molecule is CCCC1CC(=O)N(CCn2cc(N)ccc2=O)C1. The van der Waals surface area contributed by atoms with Crippen LogP contribution in [0.25, 0.3) is 0 Å². The van der Waals surface area contributed by atoms with Crippen molar-refractivity contribution in [2.75, 3.05) is 18.8 Å². The van der Waals surface area contributed by atoms with Crippen LogP contribution in [0, 0.1) is 5.92 Å². The molecule has 104 valence electrons. The molecule has 0 aromatic carbocycles. The molecule has 2 heterocycles. The van der Waals surface area contributed by atoms with E-state index in [9.17, 15) is 9.59 Å². The summed E-state index contributed by atoms with van der Waals surface area (Å²) in [6, 6.07) is 3.05. The Labute approximate surface area is 113 Å². The summed E-state index contributed by atoms with van der Waals surface area (Å²) >= 11 is 0. The first-order chi connectivity index (χ1) is 9.10. The van der Waals surface area contributed by atoms with E-state index in [2.05, 4.69) is 6.92 Å². The molecule has 0 radical (unpaired) electrons. The van der Waals surface area contributed by atoms with E-state index in [1.165, 1.54) is 6.07 Å². The van der Waals surface area contributed by atoms with E-state index in [1.54, 1.807) is 16.8 Å². The molecule has 1 atom stereocenters. The average molecular weight is 263 g/mol. The Morgan fingerprint density at radius 1 is 1.32 bits per heavy atom. The number of carbonyl (C=O) groups excluding carboxylic acids is 1. The van der Waals surface area contributed by atoms with Gasteiger partial charge in [0.2, 0.25) is 5.91 Å². The maximum Gasteiger partial charge on any atom is 0.250 e. The number of carbonyl (C=O) groups is 1. The average Bonchev–Trinajstić information content (AvgIpc) is 2.71. The monoisotopic (exact) mass is 263 g/mol. The summed E-state index contributed by atoms with van der Waals surface area (Å²) < 4.78 is 1.57. The van der Waals surface area contributed by atoms with E-state index in [-0.39, 0.29) is 11.5 Å². The molecule has 5 heteroatoms. The van der Waals surface area contributed by atoms with Gasteiger partial charge in [0.25, 0.3) is 5.56 Å². The predicted molar refractivity (Wildman–Crippen MR) is 74.7 cm³/mol. The molecule has 2 rings (SSSR count). The number of anilines is 1. The molecule has 0 saturated carbocycles. The van der Waals surface area contributed by atoms with Crippen molar-refractivity contribution in [1.82, 2.24) is 9.47 Å². The first-order valence-corrected chi connectivity index (χ1v) is 6.84.